The highest BCUT2D eigenvalue weighted by molar-refractivity contribution is 5.94. The van der Waals surface area contributed by atoms with E-state index in [9.17, 15) is 9.90 Å². The second-order valence-corrected chi connectivity index (χ2v) is 7.48. The van der Waals surface area contributed by atoms with E-state index in [0.717, 1.165) is 52.5 Å². The Labute approximate surface area is 171 Å². The number of unbranched alkanes of at least 4 members (excludes halogenated alkanes) is 1. The molecule has 2 N–H and O–H groups in total. The third-order valence-electron chi connectivity index (χ3n) is 5.40. The largest absolute Gasteiger partial charge is 0.481 e. The van der Waals surface area contributed by atoms with E-state index in [-0.39, 0.29) is 6.42 Å². The maximum absolute atomic E-state index is 11.6. The molecule has 4 aromatic rings. The molecule has 0 aliphatic rings. The first-order valence-corrected chi connectivity index (χ1v) is 10.2. The van der Waals surface area contributed by atoms with E-state index in [1.54, 1.807) is 0 Å². The smallest absolute Gasteiger partial charge is 0.307 e. The van der Waals surface area contributed by atoms with Gasteiger partial charge in [0, 0.05) is 10.9 Å². The number of aromatic nitrogens is 1. The minimum atomic E-state index is -0.813. The second kappa shape index (κ2) is 8.36. The van der Waals surface area contributed by atoms with Crippen molar-refractivity contribution in [3.05, 3.63) is 83.9 Å². The average molecular weight is 383 g/mol. The summed E-state index contributed by atoms with van der Waals surface area (Å²) in [7, 11) is 0. The summed E-state index contributed by atoms with van der Waals surface area (Å²) in [6, 6.07) is 24.9. The molecule has 3 nitrogen and oxygen atoms in total. The van der Waals surface area contributed by atoms with Crippen LogP contribution in [-0.4, -0.2) is 16.1 Å². The zero-order valence-corrected chi connectivity index (χ0v) is 16.6. The molecule has 29 heavy (non-hydrogen) atoms. The molecule has 3 heteroatoms. The zero-order chi connectivity index (χ0) is 20.2. The van der Waals surface area contributed by atoms with Crippen molar-refractivity contribution in [2.75, 3.05) is 0 Å². The fourth-order valence-corrected chi connectivity index (χ4v) is 3.87. The number of fused-ring (bicyclic) bond motifs is 1. The number of carbonyl (C=O) groups is 1. The third-order valence-corrected chi connectivity index (χ3v) is 5.40. The van der Waals surface area contributed by atoms with Gasteiger partial charge >= 0.3 is 5.97 Å². The predicted molar refractivity (Wildman–Crippen MR) is 119 cm³/mol. The van der Waals surface area contributed by atoms with Gasteiger partial charge in [0.05, 0.1) is 12.1 Å². The number of aliphatic carboxylic acids is 1. The van der Waals surface area contributed by atoms with Crippen LogP contribution in [0.4, 0.5) is 0 Å². The number of nitrogens with one attached hydrogen (secondary N) is 1. The van der Waals surface area contributed by atoms with Crippen LogP contribution < -0.4 is 0 Å². The molecule has 146 valence electrons. The van der Waals surface area contributed by atoms with Crippen LogP contribution in [0.1, 0.15) is 30.9 Å². The number of hydrogen-bond acceptors (Lipinski definition) is 1. The van der Waals surface area contributed by atoms with Crippen LogP contribution >= 0.6 is 0 Å². The number of aromatic amines is 1. The number of benzene rings is 3. The van der Waals surface area contributed by atoms with Crippen LogP contribution in [0.15, 0.2) is 72.8 Å². The van der Waals surface area contributed by atoms with Crippen molar-refractivity contribution in [3.63, 3.8) is 0 Å². The lowest BCUT2D eigenvalue weighted by Crippen LogP contribution is -2.01. The van der Waals surface area contributed by atoms with E-state index < -0.39 is 5.97 Å². The second-order valence-electron chi connectivity index (χ2n) is 7.48. The number of hydrogen-bond donors (Lipinski definition) is 2. The molecule has 0 fully saturated rings. The molecule has 0 unspecified atom stereocenters. The number of carboxylic acids is 1. The number of carboxylic acid groups (broad SMARTS) is 1. The van der Waals surface area contributed by atoms with E-state index in [0.29, 0.717) is 0 Å². The summed E-state index contributed by atoms with van der Waals surface area (Å²) in [5.74, 6) is -0.813. The van der Waals surface area contributed by atoms with Crippen LogP contribution in [0, 0.1) is 0 Å². The first-order chi connectivity index (χ1) is 14.2. The van der Waals surface area contributed by atoms with Crippen LogP contribution in [-0.2, 0) is 17.6 Å². The highest BCUT2D eigenvalue weighted by atomic mass is 16.4. The van der Waals surface area contributed by atoms with E-state index in [4.69, 9.17) is 0 Å². The number of aryl methyl sites for hydroxylation is 1. The predicted octanol–water partition coefficient (Wildman–Crippen LogP) is 6.47. The first-order valence-electron chi connectivity index (χ1n) is 10.2. The lowest BCUT2D eigenvalue weighted by Gasteiger charge is -2.06. The average Bonchev–Trinajstić information content (AvgIpc) is 3.10. The van der Waals surface area contributed by atoms with E-state index in [2.05, 4.69) is 66.5 Å². The summed E-state index contributed by atoms with van der Waals surface area (Å²) >= 11 is 0. The molecule has 0 aliphatic heterocycles. The molecule has 1 heterocycles. The fourth-order valence-electron chi connectivity index (χ4n) is 3.87. The topological polar surface area (TPSA) is 53.1 Å². The Morgan fingerprint density at radius 1 is 0.897 bits per heavy atom. The molecule has 4 rings (SSSR count). The van der Waals surface area contributed by atoms with Gasteiger partial charge in [-0.05, 0) is 52.8 Å². The highest BCUT2D eigenvalue weighted by Gasteiger charge is 2.16. The molecule has 0 radical (unpaired) electrons. The van der Waals surface area contributed by atoms with Gasteiger partial charge in [0.2, 0.25) is 0 Å². The van der Waals surface area contributed by atoms with Crippen molar-refractivity contribution in [1.82, 2.24) is 4.98 Å². The molecular weight excluding hydrogens is 358 g/mol. The first kappa shape index (κ1) is 19.0. The standard InChI is InChI=1S/C26H25NO2/c1-2-3-7-18-10-15-24-22(16-18)23(17-25(28)29)26(27-24)21-13-11-20(12-14-21)19-8-5-4-6-9-19/h4-6,8-16,27H,2-3,7,17H2,1H3,(H,28,29). The van der Waals surface area contributed by atoms with Crippen molar-refractivity contribution in [2.24, 2.45) is 0 Å². The lowest BCUT2D eigenvalue weighted by atomic mass is 9.98. The summed E-state index contributed by atoms with van der Waals surface area (Å²) < 4.78 is 0. The Balaban J connectivity index is 1.76. The minimum absolute atomic E-state index is 0.00695. The van der Waals surface area contributed by atoms with Gasteiger partial charge in [0.15, 0.2) is 0 Å². The van der Waals surface area contributed by atoms with Crippen LogP contribution in [0.3, 0.4) is 0 Å². The Kier molecular flexibility index (Phi) is 5.48. The molecule has 1 aromatic heterocycles. The van der Waals surface area contributed by atoms with Gasteiger partial charge in [-0.1, -0.05) is 74.0 Å². The SMILES string of the molecule is CCCCc1ccc2[nH]c(-c3ccc(-c4ccccc4)cc3)c(CC(=O)O)c2c1. The summed E-state index contributed by atoms with van der Waals surface area (Å²) in [5, 5.41) is 10.5. The number of H-pyrrole nitrogens is 1. The normalized spacial score (nSPS) is 11.1. The van der Waals surface area contributed by atoms with Crippen LogP contribution in [0.2, 0.25) is 0 Å². The Bertz CT molecular complexity index is 1120. The van der Waals surface area contributed by atoms with Gasteiger partial charge in [0.25, 0.3) is 0 Å². The maximum atomic E-state index is 11.6. The molecule has 0 saturated heterocycles. The highest BCUT2D eigenvalue weighted by Crippen LogP contribution is 2.33. The Hall–Kier alpha value is -3.33. The summed E-state index contributed by atoms with van der Waals surface area (Å²) in [4.78, 5) is 15.0. The molecule has 0 spiro atoms. The van der Waals surface area contributed by atoms with Gasteiger partial charge in [0.1, 0.15) is 0 Å². The zero-order valence-electron chi connectivity index (χ0n) is 16.6. The van der Waals surface area contributed by atoms with Crippen LogP contribution in [0.5, 0.6) is 0 Å². The minimum Gasteiger partial charge on any atom is -0.481 e. The van der Waals surface area contributed by atoms with Crippen molar-refractivity contribution in [1.29, 1.82) is 0 Å². The van der Waals surface area contributed by atoms with Crippen molar-refractivity contribution >= 4 is 16.9 Å². The monoisotopic (exact) mass is 383 g/mol. The molecule has 0 atom stereocenters. The van der Waals surface area contributed by atoms with Crippen molar-refractivity contribution in [3.8, 4) is 22.4 Å². The fraction of sp³-hybridized carbons (Fsp3) is 0.192. The number of rotatable bonds is 7. The summed E-state index contributed by atoms with van der Waals surface area (Å²) in [5.41, 5.74) is 7.33. The lowest BCUT2D eigenvalue weighted by molar-refractivity contribution is -0.136. The van der Waals surface area contributed by atoms with Gasteiger partial charge in [-0.3, -0.25) is 4.79 Å². The Morgan fingerprint density at radius 2 is 1.59 bits per heavy atom. The molecule has 3 aromatic carbocycles. The van der Waals surface area contributed by atoms with Gasteiger partial charge in [-0.25, -0.2) is 0 Å². The Morgan fingerprint density at radius 3 is 2.28 bits per heavy atom. The molecule has 0 bridgehead atoms. The van der Waals surface area contributed by atoms with E-state index in [1.165, 1.54) is 11.1 Å². The quantitative estimate of drug-likeness (QED) is 0.384. The van der Waals surface area contributed by atoms with Gasteiger partial charge in [-0.15, -0.1) is 0 Å². The summed E-state index contributed by atoms with van der Waals surface area (Å²) in [6.07, 6.45) is 3.31. The molecule has 0 aliphatic carbocycles. The summed E-state index contributed by atoms with van der Waals surface area (Å²) in [6.45, 7) is 2.18. The van der Waals surface area contributed by atoms with Crippen molar-refractivity contribution in [2.45, 2.75) is 32.6 Å². The molecular formula is C26H25NO2. The third kappa shape index (κ3) is 4.09. The van der Waals surface area contributed by atoms with Gasteiger partial charge in [-0.2, -0.15) is 0 Å². The van der Waals surface area contributed by atoms with E-state index >= 15 is 0 Å². The molecule has 0 saturated carbocycles. The van der Waals surface area contributed by atoms with E-state index in [1.807, 2.05) is 18.2 Å². The van der Waals surface area contributed by atoms with Crippen molar-refractivity contribution < 1.29 is 9.90 Å². The molecule has 0 amide bonds. The maximum Gasteiger partial charge on any atom is 0.307 e. The van der Waals surface area contributed by atoms with Crippen LogP contribution in [0.25, 0.3) is 33.3 Å². The van der Waals surface area contributed by atoms with Gasteiger partial charge < -0.3 is 10.1 Å².